The van der Waals surface area contributed by atoms with E-state index in [9.17, 15) is 4.79 Å². The fraction of sp³-hybridized carbons (Fsp3) is 0.444. The van der Waals surface area contributed by atoms with Crippen molar-refractivity contribution in [1.82, 2.24) is 10.5 Å². The Kier molecular flexibility index (Phi) is 5.84. The van der Waals surface area contributed by atoms with Gasteiger partial charge in [0.2, 0.25) is 0 Å². The highest BCUT2D eigenvalue weighted by Crippen LogP contribution is 2.30. The molecule has 0 bridgehead atoms. The highest BCUT2D eigenvalue weighted by atomic mass is 16.5. The lowest BCUT2D eigenvalue weighted by atomic mass is 10.1. The van der Waals surface area contributed by atoms with Crippen LogP contribution in [-0.2, 0) is 0 Å². The second-order valence-corrected chi connectivity index (χ2v) is 5.65. The molecule has 6 nitrogen and oxygen atoms in total. The maximum absolute atomic E-state index is 12.4. The van der Waals surface area contributed by atoms with Crippen molar-refractivity contribution in [3.63, 3.8) is 0 Å². The summed E-state index contributed by atoms with van der Waals surface area (Å²) in [7, 11) is 1.60. The maximum atomic E-state index is 12.4. The molecule has 1 heterocycles. The number of amides is 1. The van der Waals surface area contributed by atoms with Crippen LogP contribution in [0, 0.1) is 13.8 Å². The standard InChI is InChI=1S/C18H24N2O4/c1-6-9-23-15-8-7-14(10-16(15)22-5)11(2)19-18(21)17-12(3)20-24-13(17)4/h7-8,10-11H,6,9H2,1-5H3,(H,19,21)/t11-/m0/s1. The van der Waals surface area contributed by atoms with Crippen molar-refractivity contribution in [2.24, 2.45) is 0 Å². The van der Waals surface area contributed by atoms with Gasteiger partial charge in [-0.25, -0.2) is 0 Å². The Bertz CT molecular complexity index is 690. The minimum Gasteiger partial charge on any atom is -0.493 e. The largest absolute Gasteiger partial charge is 0.493 e. The van der Waals surface area contributed by atoms with Gasteiger partial charge in [-0.2, -0.15) is 0 Å². The lowest BCUT2D eigenvalue weighted by Crippen LogP contribution is -2.27. The average Bonchev–Trinajstić information content (AvgIpc) is 2.91. The molecule has 0 aliphatic carbocycles. The number of benzene rings is 1. The average molecular weight is 332 g/mol. The highest BCUT2D eigenvalue weighted by molar-refractivity contribution is 5.96. The zero-order chi connectivity index (χ0) is 17.7. The summed E-state index contributed by atoms with van der Waals surface area (Å²) >= 11 is 0. The van der Waals surface area contributed by atoms with E-state index in [2.05, 4.69) is 10.5 Å². The molecule has 1 N–H and O–H groups in total. The number of nitrogens with one attached hydrogen (secondary N) is 1. The molecule has 0 fully saturated rings. The Morgan fingerprint density at radius 3 is 2.67 bits per heavy atom. The lowest BCUT2D eigenvalue weighted by Gasteiger charge is -2.17. The van der Waals surface area contributed by atoms with Crippen molar-refractivity contribution in [3.05, 3.63) is 40.8 Å². The van der Waals surface area contributed by atoms with Crippen LogP contribution in [0.4, 0.5) is 0 Å². The minimum atomic E-state index is -0.205. The fourth-order valence-electron chi connectivity index (χ4n) is 2.44. The number of nitrogens with zero attached hydrogens (tertiary/aromatic N) is 1. The zero-order valence-corrected chi connectivity index (χ0v) is 14.8. The SMILES string of the molecule is CCCOc1ccc([C@H](C)NC(=O)c2c(C)noc2C)cc1OC. The minimum absolute atomic E-state index is 0.194. The van der Waals surface area contributed by atoms with Crippen LogP contribution in [0.3, 0.4) is 0 Å². The summed E-state index contributed by atoms with van der Waals surface area (Å²) in [6.07, 6.45) is 0.925. The van der Waals surface area contributed by atoms with Gasteiger partial charge in [0.25, 0.3) is 5.91 Å². The molecule has 1 atom stereocenters. The maximum Gasteiger partial charge on any atom is 0.257 e. The molecule has 24 heavy (non-hydrogen) atoms. The second-order valence-electron chi connectivity index (χ2n) is 5.65. The number of methoxy groups -OCH3 is 1. The number of carbonyl (C=O) groups is 1. The highest BCUT2D eigenvalue weighted by Gasteiger charge is 2.20. The van der Waals surface area contributed by atoms with Crippen LogP contribution in [0.2, 0.25) is 0 Å². The third kappa shape index (κ3) is 3.88. The summed E-state index contributed by atoms with van der Waals surface area (Å²) in [5, 5.41) is 6.77. The number of rotatable bonds is 7. The molecule has 1 aromatic carbocycles. The molecule has 0 saturated carbocycles. The molecule has 0 unspecified atom stereocenters. The Balaban J connectivity index is 2.14. The Morgan fingerprint density at radius 1 is 1.33 bits per heavy atom. The zero-order valence-electron chi connectivity index (χ0n) is 14.8. The first-order chi connectivity index (χ1) is 11.5. The van der Waals surface area contributed by atoms with Crippen molar-refractivity contribution >= 4 is 5.91 Å². The molecule has 1 amide bonds. The quantitative estimate of drug-likeness (QED) is 0.839. The smallest absolute Gasteiger partial charge is 0.257 e. The predicted molar refractivity (Wildman–Crippen MR) is 90.6 cm³/mol. The van der Waals surface area contributed by atoms with E-state index >= 15 is 0 Å². The summed E-state index contributed by atoms with van der Waals surface area (Å²) in [4.78, 5) is 12.4. The van der Waals surface area contributed by atoms with E-state index in [1.165, 1.54) is 0 Å². The third-order valence-corrected chi connectivity index (χ3v) is 3.76. The van der Waals surface area contributed by atoms with Gasteiger partial charge < -0.3 is 19.3 Å². The van der Waals surface area contributed by atoms with Crippen LogP contribution in [0.15, 0.2) is 22.7 Å². The van der Waals surface area contributed by atoms with Gasteiger partial charge in [0.05, 0.1) is 25.5 Å². The number of aryl methyl sites for hydroxylation is 2. The Labute approximate surface area is 142 Å². The van der Waals surface area contributed by atoms with Crippen molar-refractivity contribution in [2.75, 3.05) is 13.7 Å². The molecular weight excluding hydrogens is 308 g/mol. The molecule has 0 radical (unpaired) electrons. The van der Waals surface area contributed by atoms with Crippen molar-refractivity contribution < 1.29 is 18.8 Å². The van der Waals surface area contributed by atoms with Crippen LogP contribution >= 0.6 is 0 Å². The monoisotopic (exact) mass is 332 g/mol. The van der Waals surface area contributed by atoms with E-state index in [0.717, 1.165) is 12.0 Å². The molecule has 130 valence electrons. The summed E-state index contributed by atoms with van der Waals surface area (Å²) in [6, 6.07) is 5.47. The molecule has 0 spiro atoms. The van der Waals surface area contributed by atoms with E-state index < -0.39 is 0 Å². The fourth-order valence-corrected chi connectivity index (χ4v) is 2.44. The molecule has 0 aliphatic rings. The van der Waals surface area contributed by atoms with Crippen molar-refractivity contribution in [2.45, 2.75) is 40.2 Å². The van der Waals surface area contributed by atoms with E-state index in [1.807, 2.05) is 32.0 Å². The molecule has 1 aromatic heterocycles. The summed E-state index contributed by atoms with van der Waals surface area (Å²) in [6.45, 7) is 8.07. The first kappa shape index (κ1) is 17.8. The van der Waals surface area contributed by atoms with E-state index in [1.54, 1.807) is 21.0 Å². The van der Waals surface area contributed by atoms with Gasteiger partial charge >= 0.3 is 0 Å². The molecule has 0 saturated heterocycles. The number of aromatic nitrogens is 1. The predicted octanol–water partition coefficient (Wildman–Crippen LogP) is 3.58. The van der Waals surface area contributed by atoms with Crippen molar-refractivity contribution in [1.29, 1.82) is 0 Å². The van der Waals surface area contributed by atoms with E-state index in [0.29, 0.717) is 35.1 Å². The first-order valence-electron chi connectivity index (χ1n) is 8.02. The molecule has 0 aliphatic heterocycles. The summed E-state index contributed by atoms with van der Waals surface area (Å²) in [5.74, 6) is 1.66. The summed E-state index contributed by atoms with van der Waals surface area (Å²) < 4.78 is 16.1. The van der Waals surface area contributed by atoms with Crippen LogP contribution < -0.4 is 14.8 Å². The van der Waals surface area contributed by atoms with E-state index in [4.69, 9.17) is 14.0 Å². The van der Waals surface area contributed by atoms with Gasteiger partial charge in [-0.05, 0) is 44.9 Å². The van der Waals surface area contributed by atoms with Crippen LogP contribution in [0.1, 0.15) is 53.7 Å². The van der Waals surface area contributed by atoms with Gasteiger partial charge in [0, 0.05) is 0 Å². The van der Waals surface area contributed by atoms with Crippen molar-refractivity contribution in [3.8, 4) is 11.5 Å². The van der Waals surface area contributed by atoms with Gasteiger partial charge in [-0.3, -0.25) is 4.79 Å². The molecule has 2 aromatic rings. The van der Waals surface area contributed by atoms with Gasteiger partial charge in [-0.1, -0.05) is 18.1 Å². The normalized spacial score (nSPS) is 11.9. The Hall–Kier alpha value is -2.50. The topological polar surface area (TPSA) is 73.6 Å². The molecule has 2 rings (SSSR count). The van der Waals surface area contributed by atoms with Crippen LogP contribution in [0.5, 0.6) is 11.5 Å². The number of ether oxygens (including phenoxy) is 2. The van der Waals surface area contributed by atoms with Gasteiger partial charge in [-0.15, -0.1) is 0 Å². The second kappa shape index (κ2) is 7.86. The molecule has 6 heteroatoms. The van der Waals surface area contributed by atoms with E-state index in [-0.39, 0.29) is 11.9 Å². The number of hydrogen-bond donors (Lipinski definition) is 1. The first-order valence-corrected chi connectivity index (χ1v) is 8.02. The van der Waals surface area contributed by atoms with Crippen LogP contribution in [0.25, 0.3) is 0 Å². The number of hydrogen-bond acceptors (Lipinski definition) is 5. The van der Waals surface area contributed by atoms with Gasteiger partial charge in [0.1, 0.15) is 11.3 Å². The lowest BCUT2D eigenvalue weighted by molar-refractivity contribution is 0.0937. The molecular formula is C18H24N2O4. The summed E-state index contributed by atoms with van der Waals surface area (Å²) in [5.41, 5.74) is 1.99. The third-order valence-electron chi connectivity index (χ3n) is 3.76. The van der Waals surface area contributed by atoms with Crippen LogP contribution in [-0.4, -0.2) is 24.8 Å². The van der Waals surface area contributed by atoms with Gasteiger partial charge in [0.15, 0.2) is 11.5 Å². The Morgan fingerprint density at radius 2 is 2.08 bits per heavy atom. The number of carbonyl (C=O) groups excluding carboxylic acids is 1.